The van der Waals surface area contributed by atoms with Crippen molar-refractivity contribution in [2.75, 3.05) is 15.9 Å². The second-order valence-electron chi connectivity index (χ2n) is 6.48. The lowest BCUT2D eigenvalue weighted by molar-refractivity contribution is -0.384. The van der Waals surface area contributed by atoms with Gasteiger partial charge in [0.2, 0.25) is 15.9 Å². The van der Waals surface area contributed by atoms with Crippen LogP contribution >= 0.6 is 0 Å². The maximum absolute atomic E-state index is 12.7. The Balaban J connectivity index is 2.36. The van der Waals surface area contributed by atoms with Crippen LogP contribution in [0, 0.1) is 28.4 Å². The number of hydrogen-bond donors (Lipinski definition) is 1. The normalized spacial score (nSPS) is 11.9. The summed E-state index contributed by atoms with van der Waals surface area (Å²) < 4.78 is 25.7. The van der Waals surface area contributed by atoms with Gasteiger partial charge in [0.05, 0.1) is 29.4 Å². The summed E-state index contributed by atoms with van der Waals surface area (Å²) in [4.78, 5) is 23.2. The molecule has 0 aliphatic heterocycles. The van der Waals surface area contributed by atoms with Crippen LogP contribution in [-0.4, -0.2) is 31.5 Å². The first kappa shape index (κ1) is 21.8. The molecule has 0 saturated heterocycles. The molecule has 1 amide bonds. The van der Waals surface area contributed by atoms with Gasteiger partial charge in [-0.3, -0.25) is 19.2 Å². The average molecular weight is 416 g/mol. The third-order valence-corrected chi connectivity index (χ3v) is 5.46. The Labute approximate surface area is 168 Å². The van der Waals surface area contributed by atoms with Crippen LogP contribution < -0.4 is 9.62 Å². The molecule has 29 heavy (non-hydrogen) atoms. The zero-order chi connectivity index (χ0) is 21.8. The molecule has 0 spiro atoms. The van der Waals surface area contributed by atoms with E-state index in [1.807, 2.05) is 6.07 Å². The fourth-order valence-electron chi connectivity index (χ4n) is 2.77. The van der Waals surface area contributed by atoms with E-state index in [0.29, 0.717) is 11.3 Å². The molecule has 0 saturated carbocycles. The van der Waals surface area contributed by atoms with Gasteiger partial charge in [0.15, 0.2) is 0 Å². The maximum Gasteiger partial charge on any atom is 0.271 e. The lowest BCUT2D eigenvalue weighted by Crippen LogP contribution is -2.45. The van der Waals surface area contributed by atoms with Crippen molar-refractivity contribution in [3.8, 4) is 6.07 Å². The molecule has 0 unspecified atom stereocenters. The third kappa shape index (κ3) is 5.30. The average Bonchev–Trinajstić information content (AvgIpc) is 2.63. The molecule has 0 heterocycles. The van der Waals surface area contributed by atoms with E-state index in [2.05, 4.69) is 5.32 Å². The zero-order valence-electron chi connectivity index (χ0n) is 16.1. The summed E-state index contributed by atoms with van der Waals surface area (Å²) in [5.41, 5.74) is 1.48. The van der Waals surface area contributed by atoms with Crippen LogP contribution in [0.2, 0.25) is 0 Å². The second kappa shape index (κ2) is 8.70. The number of nitro benzene ring substituents is 1. The minimum absolute atomic E-state index is 0.0636. The molecule has 10 heteroatoms. The van der Waals surface area contributed by atoms with Crippen molar-refractivity contribution in [1.82, 2.24) is 0 Å². The molecule has 1 N–H and O–H groups in total. The highest BCUT2D eigenvalue weighted by Gasteiger charge is 2.31. The molecule has 0 bridgehead atoms. The number of anilines is 2. The van der Waals surface area contributed by atoms with Crippen LogP contribution in [0.25, 0.3) is 0 Å². The summed E-state index contributed by atoms with van der Waals surface area (Å²) in [6.45, 7) is 3.01. The number of benzene rings is 2. The highest BCUT2D eigenvalue weighted by molar-refractivity contribution is 7.92. The van der Waals surface area contributed by atoms with E-state index in [1.54, 1.807) is 31.2 Å². The summed E-state index contributed by atoms with van der Waals surface area (Å²) in [5, 5.41) is 22.4. The van der Waals surface area contributed by atoms with Crippen molar-refractivity contribution in [2.24, 2.45) is 0 Å². The van der Waals surface area contributed by atoms with Crippen LogP contribution in [0.4, 0.5) is 17.1 Å². The molecule has 9 nitrogen and oxygen atoms in total. The highest BCUT2D eigenvalue weighted by atomic mass is 32.2. The monoisotopic (exact) mass is 416 g/mol. The van der Waals surface area contributed by atoms with Crippen molar-refractivity contribution in [3.05, 3.63) is 63.7 Å². The number of hydrogen-bond acceptors (Lipinski definition) is 6. The van der Waals surface area contributed by atoms with Crippen LogP contribution in [0.1, 0.15) is 18.1 Å². The Morgan fingerprint density at radius 1 is 1.28 bits per heavy atom. The van der Waals surface area contributed by atoms with Gasteiger partial charge in [-0.2, -0.15) is 5.26 Å². The van der Waals surface area contributed by atoms with Crippen LogP contribution in [0.5, 0.6) is 0 Å². The number of nitrogens with one attached hydrogen (secondary N) is 1. The smallest absolute Gasteiger partial charge is 0.271 e. The largest absolute Gasteiger partial charge is 0.324 e. The van der Waals surface area contributed by atoms with Crippen molar-refractivity contribution < 1.29 is 18.1 Å². The number of nitrogens with zero attached hydrogens (tertiary/aromatic N) is 3. The van der Waals surface area contributed by atoms with Gasteiger partial charge in [-0.15, -0.1) is 0 Å². The topological polar surface area (TPSA) is 133 Å². The van der Waals surface area contributed by atoms with Gasteiger partial charge < -0.3 is 5.32 Å². The number of sulfonamides is 1. The summed E-state index contributed by atoms with van der Waals surface area (Å²) in [6, 6.07) is 11.3. The summed E-state index contributed by atoms with van der Waals surface area (Å²) >= 11 is 0. The number of nitriles is 1. The first-order chi connectivity index (χ1) is 13.5. The van der Waals surface area contributed by atoms with Crippen molar-refractivity contribution in [2.45, 2.75) is 26.3 Å². The van der Waals surface area contributed by atoms with Gasteiger partial charge in [0.1, 0.15) is 6.04 Å². The number of carbonyl (C=O) groups is 1. The third-order valence-electron chi connectivity index (χ3n) is 4.23. The molecule has 2 aromatic carbocycles. The first-order valence-electron chi connectivity index (χ1n) is 8.55. The van der Waals surface area contributed by atoms with E-state index in [9.17, 15) is 23.3 Å². The molecule has 152 valence electrons. The van der Waals surface area contributed by atoms with Crippen LogP contribution in [-0.2, 0) is 21.2 Å². The predicted octanol–water partition coefficient (Wildman–Crippen LogP) is 2.76. The number of non-ortho nitro benzene ring substituents is 1. The number of nitro groups is 1. The molecule has 0 fully saturated rings. The van der Waals surface area contributed by atoms with Crippen molar-refractivity contribution in [1.29, 1.82) is 5.26 Å². The second-order valence-corrected chi connectivity index (χ2v) is 8.34. The lowest BCUT2D eigenvalue weighted by atomic mass is 10.1. The van der Waals surface area contributed by atoms with Gasteiger partial charge in [0.25, 0.3) is 5.69 Å². The Morgan fingerprint density at radius 2 is 1.90 bits per heavy atom. The zero-order valence-corrected chi connectivity index (χ0v) is 16.9. The first-order valence-corrected chi connectivity index (χ1v) is 10.4. The maximum atomic E-state index is 12.7. The van der Waals surface area contributed by atoms with E-state index < -0.39 is 26.9 Å². The molecule has 0 aromatic heterocycles. The minimum Gasteiger partial charge on any atom is -0.324 e. The van der Waals surface area contributed by atoms with Crippen LogP contribution in [0.3, 0.4) is 0 Å². The van der Waals surface area contributed by atoms with E-state index >= 15 is 0 Å². The Hall–Kier alpha value is -3.45. The quantitative estimate of drug-likeness (QED) is 0.545. The van der Waals surface area contributed by atoms with Crippen molar-refractivity contribution >= 4 is 33.0 Å². The molecule has 0 radical (unpaired) electrons. The summed E-state index contributed by atoms with van der Waals surface area (Å²) in [6.07, 6.45) is 1.17. The summed E-state index contributed by atoms with van der Waals surface area (Å²) in [5.74, 6) is -0.602. The van der Waals surface area contributed by atoms with Crippen LogP contribution in [0.15, 0.2) is 42.5 Å². The van der Waals surface area contributed by atoms with Gasteiger partial charge in [-0.1, -0.05) is 18.2 Å². The predicted molar refractivity (Wildman–Crippen MR) is 109 cm³/mol. The summed E-state index contributed by atoms with van der Waals surface area (Å²) in [7, 11) is -3.92. The molecular weight excluding hydrogens is 396 g/mol. The fraction of sp³-hybridized carbons (Fsp3) is 0.263. The number of carbonyl (C=O) groups excluding carboxylic acids is 1. The van der Waals surface area contributed by atoms with E-state index in [-0.39, 0.29) is 17.8 Å². The number of rotatable bonds is 7. The Bertz CT molecular complexity index is 1070. The number of aryl methyl sites for hydroxylation is 1. The Morgan fingerprint density at radius 3 is 2.41 bits per heavy atom. The molecule has 0 aliphatic rings. The van der Waals surface area contributed by atoms with Gasteiger partial charge >= 0.3 is 0 Å². The molecular formula is C19H20N4O5S. The van der Waals surface area contributed by atoms with E-state index in [1.165, 1.54) is 19.1 Å². The van der Waals surface area contributed by atoms with Gasteiger partial charge in [-0.25, -0.2) is 8.42 Å². The molecule has 2 rings (SSSR count). The van der Waals surface area contributed by atoms with Crippen molar-refractivity contribution in [3.63, 3.8) is 0 Å². The van der Waals surface area contributed by atoms with E-state index in [0.717, 1.165) is 22.2 Å². The SMILES string of the molecule is Cc1ccc([N+](=O)[O-])cc1N([C@H](C)C(=O)Nc1ccc(CC#N)cc1)S(C)(=O)=O. The van der Waals surface area contributed by atoms with Gasteiger partial charge in [-0.05, 0) is 37.1 Å². The van der Waals surface area contributed by atoms with E-state index in [4.69, 9.17) is 5.26 Å². The molecule has 1 atom stereocenters. The molecule has 0 aliphatic carbocycles. The standard InChI is InChI=1S/C19H20N4O5S/c1-13-4-9-17(23(25)26)12-18(13)22(29(3,27)28)14(2)19(24)21-16-7-5-15(6-8-16)10-11-20/h4-9,12,14H,10H2,1-3H3,(H,21,24)/t14-/m1/s1. The minimum atomic E-state index is -3.92. The number of amides is 1. The van der Waals surface area contributed by atoms with Gasteiger partial charge in [0, 0.05) is 17.8 Å². The highest BCUT2D eigenvalue weighted by Crippen LogP contribution is 2.29. The fourth-order valence-corrected chi connectivity index (χ4v) is 4.00. The lowest BCUT2D eigenvalue weighted by Gasteiger charge is -2.29. The molecule has 2 aromatic rings. The Kier molecular flexibility index (Phi) is 6.56.